The van der Waals surface area contributed by atoms with Crippen LogP contribution in [-0.4, -0.2) is 54.9 Å². The second kappa shape index (κ2) is 6.92. The molecule has 2 saturated carbocycles. The Hall–Kier alpha value is -1.30. The maximum absolute atomic E-state index is 12.0. The van der Waals surface area contributed by atoms with Crippen LogP contribution in [0.4, 0.5) is 4.79 Å². The molecule has 0 heterocycles. The van der Waals surface area contributed by atoms with Gasteiger partial charge in [-0.3, -0.25) is 4.79 Å². The molecule has 2 N–H and O–H groups in total. The molecule has 0 bridgehead atoms. The van der Waals surface area contributed by atoms with E-state index in [0.717, 1.165) is 25.4 Å². The molecule has 0 aliphatic heterocycles. The smallest absolute Gasteiger partial charge is 0.317 e. The molecule has 2 aliphatic carbocycles. The van der Waals surface area contributed by atoms with Crippen molar-refractivity contribution in [2.75, 3.05) is 26.8 Å². The largest absolute Gasteiger partial charge is 0.481 e. The summed E-state index contributed by atoms with van der Waals surface area (Å²) in [5.41, 5.74) is 0. The molecule has 0 aromatic rings. The number of amides is 2. The van der Waals surface area contributed by atoms with Gasteiger partial charge >= 0.3 is 12.0 Å². The number of ether oxygens (including phenoxy) is 1. The van der Waals surface area contributed by atoms with Crippen LogP contribution < -0.4 is 5.32 Å². The molecule has 114 valence electrons. The summed E-state index contributed by atoms with van der Waals surface area (Å²) in [6.07, 6.45) is 4.77. The van der Waals surface area contributed by atoms with Crippen LogP contribution in [0.25, 0.3) is 0 Å². The molecule has 2 amide bonds. The molecule has 2 fully saturated rings. The summed E-state index contributed by atoms with van der Waals surface area (Å²) in [7, 11) is 1.71. The van der Waals surface area contributed by atoms with Gasteiger partial charge in [0.25, 0.3) is 0 Å². The Kier molecular flexibility index (Phi) is 5.23. The molecule has 6 nitrogen and oxygen atoms in total. The van der Waals surface area contributed by atoms with Crippen LogP contribution in [-0.2, 0) is 9.53 Å². The van der Waals surface area contributed by atoms with E-state index >= 15 is 0 Å². The lowest BCUT2D eigenvalue weighted by molar-refractivity contribution is -0.142. The summed E-state index contributed by atoms with van der Waals surface area (Å²) in [5, 5.41) is 11.9. The Morgan fingerprint density at radius 3 is 2.70 bits per heavy atom. The molecule has 20 heavy (non-hydrogen) atoms. The van der Waals surface area contributed by atoms with E-state index in [0.29, 0.717) is 19.6 Å². The number of urea groups is 1. The van der Waals surface area contributed by atoms with Crippen molar-refractivity contribution in [2.45, 2.75) is 38.1 Å². The van der Waals surface area contributed by atoms with Crippen molar-refractivity contribution in [3.05, 3.63) is 0 Å². The molecule has 2 unspecified atom stereocenters. The number of likely N-dealkylation sites (N-methyl/N-ethyl adjacent to an activating group) is 1. The van der Waals surface area contributed by atoms with Crippen molar-refractivity contribution in [3.63, 3.8) is 0 Å². The van der Waals surface area contributed by atoms with Gasteiger partial charge in [0.05, 0.1) is 12.5 Å². The second-order valence-electron chi connectivity index (χ2n) is 5.87. The van der Waals surface area contributed by atoms with Gasteiger partial charge in [-0.25, -0.2) is 4.79 Å². The van der Waals surface area contributed by atoms with Crippen LogP contribution in [0.2, 0.25) is 0 Å². The van der Waals surface area contributed by atoms with Crippen molar-refractivity contribution in [1.82, 2.24) is 10.2 Å². The van der Waals surface area contributed by atoms with Gasteiger partial charge in [-0.1, -0.05) is 6.42 Å². The van der Waals surface area contributed by atoms with E-state index in [2.05, 4.69) is 5.32 Å². The second-order valence-corrected chi connectivity index (χ2v) is 5.87. The van der Waals surface area contributed by atoms with Gasteiger partial charge in [-0.15, -0.1) is 0 Å². The highest BCUT2D eigenvalue weighted by atomic mass is 16.5. The first-order chi connectivity index (χ1) is 9.58. The number of aliphatic carboxylic acids is 1. The van der Waals surface area contributed by atoms with Gasteiger partial charge in [0.15, 0.2) is 0 Å². The summed E-state index contributed by atoms with van der Waals surface area (Å²) < 4.78 is 5.49. The van der Waals surface area contributed by atoms with Crippen LogP contribution in [0, 0.1) is 11.8 Å². The molecule has 0 aromatic carbocycles. The van der Waals surface area contributed by atoms with Crippen LogP contribution in [0.15, 0.2) is 0 Å². The third-order valence-electron chi connectivity index (χ3n) is 4.11. The average molecular weight is 284 g/mol. The fourth-order valence-electron chi connectivity index (χ4n) is 2.53. The number of hydrogen-bond donors (Lipinski definition) is 2. The summed E-state index contributed by atoms with van der Waals surface area (Å²) in [4.78, 5) is 24.6. The van der Waals surface area contributed by atoms with Crippen molar-refractivity contribution in [1.29, 1.82) is 0 Å². The summed E-state index contributed by atoms with van der Waals surface area (Å²) >= 11 is 0. The van der Waals surface area contributed by atoms with E-state index < -0.39 is 11.9 Å². The zero-order valence-corrected chi connectivity index (χ0v) is 12.0. The van der Waals surface area contributed by atoms with Crippen LogP contribution in [0.3, 0.4) is 0 Å². The van der Waals surface area contributed by atoms with E-state index in [-0.39, 0.29) is 12.1 Å². The quantitative estimate of drug-likeness (QED) is 0.691. The molecular weight excluding hydrogens is 260 g/mol. The first-order valence-electron chi connectivity index (χ1n) is 7.40. The fraction of sp³-hybridized carbons (Fsp3) is 0.857. The van der Waals surface area contributed by atoms with Gasteiger partial charge in [-0.05, 0) is 31.6 Å². The predicted octanol–water partition coefficient (Wildman–Crippen LogP) is 1.31. The Morgan fingerprint density at radius 2 is 2.05 bits per heavy atom. The number of carboxylic acid groups (broad SMARTS) is 1. The molecule has 0 saturated heterocycles. The minimum atomic E-state index is -0.816. The molecule has 2 atom stereocenters. The van der Waals surface area contributed by atoms with E-state index in [4.69, 9.17) is 9.84 Å². The third kappa shape index (κ3) is 4.37. The minimum absolute atomic E-state index is 0.210. The van der Waals surface area contributed by atoms with Gasteiger partial charge < -0.3 is 20.1 Å². The van der Waals surface area contributed by atoms with Crippen molar-refractivity contribution >= 4 is 12.0 Å². The lowest BCUT2D eigenvalue weighted by Crippen LogP contribution is -2.46. The molecular formula is C14H24N2O4. The highest BCUT2D eigenvalue weighted by molar-refractivity contribution is 5.77. The van der Waals surface area contributed by atoms with Crippen LogP contribution in [0.5, 0.6) is 0 Å². The van der Waals surface area contributed by atoms with Gasteiger partial charge in [-0.2, -0.15) is 0 Å². The highest BCUT2D eigenvalue weighted by Gasteiger charge is 2.34. The van der Waals surface area contributed by atoms with E-state index in [1.807, 2.05) is 0 Å². The number of nitrogens with zero attached hydrogens (tertiary/aromatic N) is 1. The lowest BCUT2D eigenvalue weighted by Gasteiger charge is -2.23. The predicted molar refractivity (Wildman–Crippen MR) is 73.5 cm³/mol. The topological polar surface area (TPSA) is 78.9 Å². The molecule has 0 aromatic heterocycles. The fourth-order valence-corrected chi connectivity index (χ4v) is 2.53. The third-order valence-corrected chi connectivity index (χ3v) is 4.11. The number of nitrogens with one attached hydrogen (secondary N) is 1. The van der Waals surface area contributed by atoms with E-state index in [1.165, 1.54) is 12.8 Å². The van der Waals surface area contributed by atoms with E-state index in [9.17, 15) is 9.59 Å². The average Bonchev–Trinajstić information content (AvgIpc) is 3.11. The molecule has 0 radical (unpaired) electrons. The van der Waals surface area contributed by atoms with Crippen molar-refractivity contribution < 1.29 is 19.4 Å². The monoisotopic (exact) mass is 284 g/mol. The number of carbonyl (C=O) groups is 2. The maximum Gasteiger partial charge on any atom is 0.317 e. The summed E-state index contributed by atoms with van der Waals surface area (Å²) in [6, 6.07) is -0.451. The lowest BCUT2D eigenvalue weighted by atomic mass is 10.0. The molecule has 2 rings (SSSR count). The normalized spacial score (nSPS) is 25.4. The summed E-state index contributed by atoms with van der Waals surface area (Å²) in [5.74, 6) is -0.536. The number of rotatable bonds is 7. The first-order valence-corrected chi connectivity index (χ1v) is 7.40. The standard InChI is InChI=1S/C14H24N2O4/c1-16(7-8-20-9-10-5-6-10)14(19)15-12-4-2-3-11(12)13(17)18/h10-12H,2-9H2,1H3,(H,15,19)(H,17,18). The molecule has 6 heteroatoms. The Morgan fingerprint density at radius 1 is 1.30 bits per heavy atom. The zero-order valence-electron chi connectivity index (χ0n) is 12.0. The van der Waals surface area contributed by atoms with Crippen molar-refractivity contribution in [3.8, 4) is 0 Å². The van der Waals surface area contributed by atoms with Crippen molar-refractivity contribution in [2.24, 2.45) is 11.8 Å². The molecule has 2 aliphatic rings. The molecule has 0 spiro atoms. The first kappa shape index (κ1) is 15.1. The van der Waals surface area contributed by atoms with Crippen LogP contribution >= 0.6 is 0 Å². The minimum Gasteiger partial charge on any atom is -0.481 e. The zero-order chi connectivity index (χ0) is 14.5. The highest BCUT2D eigenvalue weighted by Crippen LogP contribution is 2.28. The SMILES string of the molecule is CN(CCOCC1CC1)C(=O)NC1CCCC1C(=O)O. The van der Waals surface area contributed by atoms with Gasteiger partial charge in [0.1, 0.15) is 0 Å². The Labute approximate surface area is 119 Å². The summed E-state index contributed by atoms with van der Waals surface area (Å²) in [6.45, 7) is 1.86. The Balaban J connectivity index is 1.65. The number of carbonyl (C=O) groups excluding carboxylic acids is 1. The van der Waals surface area contributed by atoms with E-state index in [1.54, 1.807) is 11.9 Å². The number of carboxylic acids is 1. The van der Waals surface area contributed by atoms with Gasteiger partial charge in [0.2, 0.25) is 0 Å². The van der Waals surface area contributed by atoms with Gasteiger partial charge in [0, 0.05) is 26.2 Å². The number of hydrogen-bond acceptors (Lipinski definition) is 3. The van der Waals surface area contributed by atoms with Crippen LogP contribution in [0.1, 0.15) is 32.1 Å². The maximum atomic E-state index is 12.0. The Bertz CT molecular complexity index is 357.